The Labute approximate surface area is 170 Å². The minimum Gasteiger partial charge on any atom is -0.262 e. The minimum atomic E-state index is -4.13. The van der Waals surface area contributed by atoms with E-state index >= 15 is 0 Å². The van der Waals surface area contributed by atoms with Gasteiger partial charge in [-0.25, -0.2) is 16.8 Å². The molecule has 28 heavy (non-hydrogen) atoms. The third-order valence-electron chi connectivity index (χ3n) is 4.11. The lowest BCUT2D eigenvalue weighted by molar-refractivity contribution is 0.590. The summed E-state index contributed by atoms with van der Waals surface area (Å²) in [5.41, 5.74) is 1.23. The summed E-state index contributed by atoms with van der Waals surface area (Å²) in [5, 5.41) is -0.0404. The van der Waals surface area contributed by atoms with E-state index in [1.54, 1.807) is 30.3 Å². The molecule has 0 aromatic heterocycles. The molecule has 0 fully saturated rings. The number of hydrogen-bond donors (Lipinski definition) is 0. The van der Waals surface area contributed by atoms with E-state index < -0.39 is 19.9 Å². The molecular formula is C20H18ClNO4S2. The summed E-state index contributed by atoms with van der Waals surface area (Å²) < 4.78 is 52.0. The SMILES string of the molecule is CS(=O)(=O)c1ccc(Cl)c(S(=O)(=O)N(Cc2ccccc2)c2ccccc2)c1. The predicted molar refractivity (Wildman–Crippen MR) is 111 cm³/mol. The van der Waals surface area contributed by atoms with Gasteiger partial charge in [-0.1, -0.05) is 60.1 Å². The van der Waals surface area contributed by atoms with Crippen molar-refractivity contribution in [3.63, 3.8) is 0 Å². The minimum absolute atomic E-state index is 0.0404. The van der Waals surface area contributed by atoms with Crippen LogP contribution in [0.25, 0.3) is 0 Å². The Balaban J connectivity index is 2.16. The Morgan fingerprint density at radius 2 is 1.39 bits per heavy atom. The maximum Gasteiger partial charge on any atom is 0.266 e. The molecule has 146 valence electrons. The van der Waals surface area contributed by atoms with Crippen molar-refractivity contribution in [2.75, 3.05) is 10.6 Å². The first-order valence-electron chi connectivity index (χ1n) is 8.31. The molecule has 0 atom stereocenters. The number of anilines is 1. The maximum absolute atomic E-state index is 13.5. The Kier molecular flexibility index (Phi) is 5.79. The number of benzene rings is 3. The molecule has 3 rings (SSSR count). The van der Waals surface area contributed by atoms with E-state index in [0.717, 1.165) is 17.9 Å². The summed E-state index contributed by atoms with van der Waals surface area (Å²) in [4.78, 5) is -0.361. The fourth-order valence-electron chi connectivity index (χ4n) is 2.69. The number of halogens is 1. The average Bonchev–Trinajstić information content (AvgIpc) is 2.67. The highest BCUT2D eigenvalue weighted by Gasteiger charge is 2.28. The first-order chi connectivity index (χ1) is 13.2. The molecule has 3 aromatic rings. The molecule has 0 bridgehead atoms. The van der Waals surface area contributed by atoms with Crippen LogP contribution < -0.4 is 4.31 Å². The number of para-hydroxylation sites is 1. The van der Waals surface area contributed by atoms with Crippen LogP contribution in [0, 0.1) is 0 Å². The molecule has 0 radical (unpaired) electrons. The molecule has 0 amide bonds. The number of sulfone groups is 1. The van der Waals surface area contributed by atoms with E-state index in [9.17, 15) is 16.8 Å². The van der Waals surface area contributed by atoms with Crippen LogP contribution in [0.2, 0.25) is 5.02 Å². The summed E-state index contributed by atoms with van der Waals surface area (Å²) in [5.74, 6) is 0. The van der Waals surface area contributed by atoms with E-state index in [-0.39, 0.29) is 21.4 Å². The van der Waals surface area contributed by atoms with Crippen molar-refractivity contribution in [1.82, 2.24) is 0 Å². The highest BCUT2D eigenvalue weighted by molar-refractivity contribution is 7.93. The van der Waals surface area contributed by atoms with Crippen molar-refractivity contribution >= 4 is 37.1 Å². The summed E-state index contributed by atoms with van der Waals surface area (Å²) in [6.07, 6.45) is 1.02. The Morgan fingerprint density at radius 3 is 1.96 bits per heavy atom. The second-order valence-corrected chi connectivity index (χ2v) is 10.5. The average molecular weight is 436 g/mol. The number of nitrogens with zero attached hydrogens (tertiary/aromatic N) is 1. The molecule has 0 unspecified atom stereocenters. The molecule has 0 saturated carbocycles. The van der Waals surface area contributed by atoms with Crippen molar-refractivity contribution in [3.8, 4) is 0 Å². The monoisotopic (exact) mass is 435 g/mol. The molecule has 0 aliphatic carbocycles. The molecule has 5 nitrogen and oxygen atoms in total. The smallest absolute Gasteiger partial charge is 0.262 e. The van der Waals surface area contributed by atoms with Crippen LogP contribution in [0.1, 0.15) is 5.56 Å². The topological polar surface area (TPSA) is 71.5 Å². The fraction of sp³-hybridized carbons (Fsp3) is 0.100. The molecule has 0 saturated heterocycles. The zero-order valence-electron chi connectivity index (χ0n) is 15.0. The quantitative estimate of drug-likeness (QED) is 0.583. The van der Waals surface area contributed by atoms with Gasteiger partial charge in [-0.2, -0.15) is 0 Å². The van der Waals surface area contributed by atoms with Crippen LogP contribution in [0.5, 0.6) is 0 Å². The van der Waals surface area contributed by atoms with E-state index in [2.05, 4.69) is 0 Å². The summed E-state index contributed by atoms with van der Waals surface area (Å²) in [6, 6.07) is 21.4. The zero-order valence-corrected chi connectivity index (χ0v) is 17.4. The maximum atomic E-state index is 13.5. The van der Waals surface area contributed by atoms with Crippen LogP contribution in [0.4, 0.5) is 5.69 Å². The fourth-order valence-corrected chi connectivity index (χ4v) is 5.37. The van der Waals surface area contributed by atoms with Crippen LogP contribution in [-0.4, -0.2) is 23.1 Å². The number of hydrogen-bond acceptors (Lipinski definition) is 4. The molecule has 0 N–H and O–H groups in total. The van der Waals surface area contributed by atoms with Gasteiger partial charge in [0.2, 0.25) is 0 Å². The highest BCUT2D eigenvalue weighted by Crippen LogP contribution is 2.31. The Hall–Kier alpha value is -2.35. The molecule has 0 aliphatic rings. The molecule has 0 spiro atoms. The predicted octanol–water partition coefficient (Wildman–Crippen LogP) is 4.14. The van der Waals surface area contributed by atoms with Gasteiger partial charge in [-0.3, -0.25) is 4.31 Å². The lowest BCUT2D eigenvalue weighted by Gasteiger charge is -2.25. The van der Waals surface area contributed by atoms with Crippen molar-refractivity contribution < 1.29 is 16.8 Å². The molecule has 8 heteroatoms. The van der Waals surface area contributed by atoms with Gasteiger partial charge < -0.3 is 0 Å². The van der Waals surface area contributed by atoms with Crippen molar-refractivity contribution in [2.24, 2.45) is 0 Å². The molecule has 3 aromatic carbocycles. The summed E-state index contributed by atoms with van der Waals surface area (Å²) >= 11 is 6.16. The molecule has 0 heterocycles. The van der Waals surface area contributed by atoms with Crippen LogP contribution in [0.3, 0.4) is 0 Å². The number of sulfonamides is 1. The van der Waals surface area contributed by atoms with Gasteiger partial charge in [-0.05, 0) is 35.9 Å². The van der Waals surface area contributed by atoms with Crippen molar-refractivity contribution in [1.29, 1.82) is 0 Å². The van der Waals surface area contributed by atoms with Gasteiger partial charge in [0.15, 0.2) is 9.84 Å². The van der Waals surface area contributed by atoms with Crippen LogP contribution in [0.15, 0.2) is 88.7 Å². The largest absolute Gasteiger partial charge is 0.266 e. The highest BCUT2D eigenvalue weighted by atomic mass is 35.5. The number of rotatable bonds is 6. The molecular weight excluding hydrogens is 418 g/mol. The first-order valence-corrected chi connectivity index (χ1v) is 12.0. The van der Waals surface area contributed by atoms with Crippen molar-refractivity contribution in [3.05, 3.63) is 89.4 Å². The van der Waals surface area contributed by atoms with Gasteiger partial charge >= 0.3 is 0 Å². The van der Waals surface area contributed by atoms with E-state index in [4.69, 9.17) is 11.6 Å². The van der Waals surface area contributed by atoms with Gasteiger partial charge in [0, 0.05) is 6.26 Å². The molecule has 0 aliphatic heterocycles. The van der Waals surface area contributed by atoms with Gasteiger partial charge in [0.1, 0.15) is 4.90 Å². The van der Waals surface area contributed by atoms with Gasteiger partial charge in [0.05, 0.1) is 22.2 Å². The van der Waals surface area contributed by atoms with Gasteiger partial charge in [-0.15, -0.1) is 0 Å². The summed E-state index contributed by atoms with van der Waals surface area (Å²) in [6.45, 7) is 0.0760. The van der Waals surface area contributed by atoms with Gasteiger partial charge in [0.25, 0.3) is 10.0 Å². The Bertz CT molecular complexity index is 1180. The van der Waals surface area contributed by atoms with Crippen LogP contribution in [-0.2, 0) is 26.4 Å². The lowest BCUT2D eigenvalue weighted by atomic mass is 10.2. The Morgan fingerprint density at radius 1 is 0.821 bits per heavy atom. The first kappa shape index (κ1) is 20.4. The standard InChI is InChI=1S/C20H18ClNO4S2/c1-27(23,24)18-12-13-19(21)20(14-18)28(25,26)22(17-10-6-3-7-11-17)15-16-8-4-2-5-9-16/h2-14H,15H2,1H3. The second-order valence-electron chi connectivity index (χ2n) is 6.20. The zero-order chi connectivity index (χ0) is 20.4. The van der Waals surface area contributed by atoms with E-state index in [1.807, 2.05) is 30.3 Å². The third kappa shape index (κ3) is 4.38. The van der Waals surface area contributed by atoms with E-state index in [1.165, 1.54) is 16.4 Å². The third-order valence-corrected chi connectivity index (χ3v) is 7.48. The lowest BCUT2D eigenvalue weighted by Crippen LogP contribution is -2.31. The van der Waals surface area contributed by atoms with Crippen LogP contribution >= 0.6 is 11.6 Å². The second kappa shape index (κ2) is 7.95. The normalized spacial score (nSPS) is 11.9. The summed E-state index contributed by atoms with van der Waals surface area (Å²) in [7, 11) is -7.72. The van der Waals surface area contributed by atoms with E-state index in [0.29, 0.717) is 5.69 Å². The van der Waals surface area contributed by atoms with Crippen molar-refractivity contribution in [2.45, 2.75) is 16.3 Å².